The molecular formula is C15H20N2. The first-order chi connectivity index (χ1) is 8.38. The molecule has 0 atom stereocenters. The second-order valence-electron chi connectivity index (χ2n) is 4.42. The zero-order chi connectivity index (χ0) is 11.9. The summed E-state index contributed by atoms with van der Waals surface area (Å²) in [4.78, 5) is 0. The minimum Gasteiger partial charge on any atom is -0.350 e. The van der Waals surface area contributed by atoms with Crippen molar-refractivity contribution >= 4 is 0 Å². The van der Waals surface area contributed by atoms with Crippen LogP contribution >= 0.6 is 0 Å². The van der Waals surface area contributed by atoms with Crippen molar-refractivity contribution in [1.29, 1.82) is 0 Å². The number of unbranched alkanes of at least 4 members (excludes halogenated alkanes) is 1. The second kappa shape index (κ2) is 6.26. The molecule has 17 heavy (non-hydrogen) atoms. The van der Waals surface area contributed by atoms with Gasteiger partial charge in [0.2, 0.25) is 0 Å². The third kappa shape index (κ3) is 3.75. The Morgan fingerprint density at radius 3 is 2.18 bits per heavy atom. The summed E-state index contributed by atoms with van der Waals surface area (Å²) in [7, 11) is 0. The van der Waals surface area contributed by atoms with Gasteiger partial charge in [-0.25, -0.2) is 0 Å². The Balaban J connectivity index is 1.89. The fourth-order valence-corrected chi connectivity index (χ4v) is 1.97. The molecule has 0 radical (unpaired) electrons. The highest BCUT2D eigenvalue weighted by Crippen LogP contribution is 2.09. The second-order valence-corrected chi connectivity index (χ2v) is 4.42. The topological polar surface area (TPSA) is 30.9 Å². The minimum absolute atomic E-state index is 0.797. The van der Waals surface area contributed by atoms with Crippen LogP contribution in [0.2, 0.25) is 0 Å². The van der Waals surface area contributed by atoms with Crippen LogP contribution in [-0.4, -0.2) is 11.1 Å². The van der Waals surface area contributed by atoms with Crippen molar-refractivity contribution in [3.05, 3.63) is 59.9 Å². The average Bonchev–Trinajstić information content (AvgIpc) is 2.85. The van der Waals surface area contributed by atoms with Crippen LogP contribution in [0.3, 0.4) is 0 Å². The Morgan fingerprint density at radius 2 is 1.53 bits per heavy atom. The monoisotopic (exact) mass is 228 g/mol. The molecule has 0 aliphatic heterocycles. The van der Waals surface area contributed by atoms with E-state index in [1.54, 1.807) is 0 Å². The standard InChI is InChI=1S/C15H20N2/c16-10-2-1-5-14-6-8-15(9-7-14)13-17-11-3-4-12-17/h3-4,6-9,11-12H,1-2,5,10,13,16H2. The van der Waals surface area contributed by atoms with Gasteiger partial charge in [0.15, 0.2) is 0 Å². The van der Waals surface area contributed by atoms with Crippen LogP contribution in [0.5, 0.6) is 0 Å². The molecule has 2 aromatic rings. The molecule has 90 valence electrons. The molecule has 2 nitrogen and oxygen atoms in total. The summed E-state index contributed by atoms with van der Waals surface area (Å²) in [5.41, 5.74) is 8.25. The summed E-state index contributed by atoms with van der Waals surface area (Å²) in [6.45, 7) is 1.75. The number of rotatable bonds is 6. The maximum Gasteiger partial charge on any atom is 0.0470 e. The normalized spacial score (nSPS) is 10.6. The smallest absolute Gasteiger partial charge is 0.0470 e. The number of benzene rings is 1. The highest BCUT2D eigenvalue weighted by Gasteiger charge is 1.96. The maximum atomic E-state index is 5.49. The third-order valence-electron chi connectivity index (χ3n) is 2.97. The highest BCUT2D eigenvalue weighted by molar-refractivity contribution is 5.23. The van der Waals surface area contributed by atoms with Crippen LogP contribution in [0.25, 0.3) is 0 Å². The van der Waals surface area contributed by atoms with Crippen molar-refractivity contribution in [2.75, 3.05) is 6.54 Å². The van der Waals surface area contributed by atoms with Crippen LogP contribution < -0.4 is 5.73 Å². The number of nitrogens with zero attached hydrogens (tertiary/aromatic N) is 1. The van der Waals surface area contributed by atoms with E-state index in [0.29, 0.717) is 0 Å². The van der Waals surface area contributed by atoms with E-state index in [0.717, 1.165) is 25.9 Å². The molecule has 0 unspecified atom stereocenters. The van der Waals surface area contributed by atoms with Crippen LogP contribution in [0.1, 0.15) is 24.0 Å². The lowest BCUT2D eigenvalue weighted by atomic mass is 10.1. The summed E-state index contributed by atoms with van der Waals surface area (Å²) < 4.78 is 2.18. The van der Waals surface area contributed by atoms with Gasteiger partial charge < -0.3 is 10.3 Å². The molecule has 0 saturated carbocycles. The van der Waals surface area contributed by atoms with Crippen molar-refractivity contribution in [3.8, 4) is 0 Å². The lowest BCUT2D eigenvalue weighted by Gasteiger charge is -2.05. The van der Waals surface area contributed by atoms with Crippen molar-refractivity contribution in [3.63, 3.8) is 0 Å². The third-order valence-corrected chi connectivity index (χ3v) is 2.97. The van der Waals surface area contributed by atoms with Gasteiger partial charge in [0.1, 0.15) is 0 Å². The van der Waals surface area contributed by atoms with Crippen LogP contribution in [0.4, 0.5) is 0 Å². The van der Waals surface area contributed by atoms with Gasteiger partial charge in [-0.1, -0.05) is 24.3 Å². The number of hydrogen-bond donors (Lipinski definition) is 1. The fourth-order valence-electron chi connectivity index (χ4n) is 1.97. The van der Waals surface area contributed by atoms with E-state index in [2.05, 4.69) is 53.4 Å². The van der Waals surface area contributed by atoms with E-state index >= 15 is 0 Å². The van der Waals surface area contributed by atoms with Gasteiger partial charge in [-0.2, -0.15) is 0 Å². The summed E-state index contributed by atoms with van der Waals surface area (Å²) >= 11 is 0. The summed E-state index contributed by atoms with van der Waals surface area (Å²) in [5, 5.41) is 0. The van der Waals surface area contributed by atoms with Crippen molar-refractivity contribution in [2.45, 2.75) is 25.8 Å². The Labute approximate surface area is 103 Å². The first kappa shape index (κ1) is 11.9. The minimum atomic E-state index is 0.797. The molecule has 2 N–H and O–H groups in total. The fraction of sp³-hybridized carbons (Fsp3) is 0.333. The van der Waals surface area contributed by atoms with Gasteiger partial charge in [-0.15, -0.1) is 0 Å². The maximum absolute atomic E-state index is 5.49. The first-order valence-electron chi connectivity index (χ1n) is 6.27. The SMILES string of the molecule is NCCCCc1ccc(Cn2cccc2)cc1. The van der Waals surface area contributed by atoms with Gasteiger partial charge in [0.25, 0.3) is 0 Å². The molecule has 1 heterocycles. The Kier molecular flexibility index (Phi) is 4.39. The van der Waals surface area contributed by atoms with Gasteiger partial charge in [-0.3, -0.25) is 0 Å². The Hall–Kier alpha value is -1.54. The Morgan fingerprint density at radius 1 is 0.882 bits per heavy atom. The van der Waals surface area contributed by atoms with E-state index in [1.165, 1.54) is 17.5 Å². The zero-order valence-corrected chi connectivity index (χ0v) is 10.2. The molecule has 0 fully saturated rings. The molecule has 0 amide bonds. The van der Waals surface area contributed by atoms with E-state index in [9.17, 15) is 0 Å². The molecule has 2 rings (SSSR count). The average molecular weight is 228 g/mol. The summed E-state index contributed by atoms with van der Waals surface area (Å²) in [5.74, 6) is 0. The number of aryl methyl sites for hydroxylation is 1. The van der Waals surface area contributed by atoms with Crippen LogP contribution in [0, 0.1) is 0 Å². The largest absolute Gasteiger partial charge is 0.350 e. The van der Waals surface area contributed by atoms with Crippen LogP contribution in [0.15, 0.2) is 48.8 Å². The van der Waals surface area contributed by atoms with Crippen LogP contribution in [-0.2, 0) is 13.0 Å². The first-order valence-corrected chi connectivity index (χ1v) is 6.27. The molecule has 1 aromatic carbocycles. The van der Waals surface area contributed by atoms with Gasteiger partial charge in [-0.05, 0) is 49.1 Å². The lowest BCUT2D eigenvalue weighted by Crippen LogP contribution is -1.99. The van der Waals surface area contributed by atoms with E-state index in [4.69, 9.17) is 5.73 Å². The number of hydrogen-bond acceptors (Lipinski definition) is 1. The molecule has 0 spiro atoms. The lowest BCUT2D eigenvalue weighted by molar-refractivity contribution is 0.743. The van der Waals surface area contributed by atoms with E-state index < -0.39 is 0 Å². The molecular weight excluding hydrogens is 208 g/mol. The quantitative estimate of drug-likeness (QED) is 0.757. The molecule has 0 saturated heterocycles. The molecule has 2 heteroatoms. The van der Waals surface area contributed by atoms with Crippen molar-refractivity contribution in [1.82, 2.24) is 4.57 Å². The summed E-state index contributed by atoms with van der Waals surface area (Å²) in [6.07, 6.45) is 7.63. The molecule has 1 aromatic heterocycles. The predicted molar refractivity (Wildman–Crippen MR) is 72.0 cm³/mol. The molecule has 0 aliphatic rings. The summed E-state index contributed by atoms with van der Waals surface area (Å²) in [6, 6.07) is 13.0. The highest BCUT2D eigenvalue weighted by atomic mass is 14.9. The van der Waals surface area contributed by atoms with Gasteiger partial charge >= 0.3 is 0 Å². The molecule has 0 aliphatic carbocycles. The predicted octanol–water partition coefficient (Wildman–Crippen LogP) is 2.82. The number of nitrogens with two attached hydrogens (primary N) is 1. The Bertz CT molecular complexity index is 415. The van der Waals surface area contributed by atoms with Crippen molar-refractivity contribution in [2.24, 2.45) is 5.73 Å². The van der Waals surface area contributed by atoms with Crippen molar-refractivity contribution < 1.29 is 0 Å². The van der Waals surface area contributed by atoms with Gasteiger partial charge in [0.05, 0.1) is 0 Å². The molecule has 0 bridgehead atoms. The zero-order valence-electron chi connectivity index (χ0n) is 10.2. The number of aromatic nitrogens is 1. The van der Waals surface area contributed by atoms with E-state index in [-0.39, 0.29) is 0 Å². The van der Waals surface area contributed by atoms with Gasteiger partial charge in [0, 0.05) is 18.9 Å². The van der Waals surface area contributed by atoms with E-state index in [1.807, 2.05) is 0 Å².